The predicted molar refractivity (Wildman–Crippen MR) is 102 cm³/mol. The van der Waals surface area contributed by atoms with E-state index in [-0.39, 0.29) is 5.91 Å². The van der Waals surface area contributed by atoms with E-state index in [0.29, 0.717) is 6.42 Å². The van der Waals surface area contributed by atoms with Crippen LogP contribution in [0.1, 0.15) is 24.0 Å². The van der Waals surface area contributed by atoms with Gasteiger partial charge in [-0.05, 0) is 30.5 Å². The van der Waals surface area contributed by atoms with Gasteiger partial charge in [0.15, 0.2) is 0 Å². The zero-order valence-electron chi connectivity index (χ0n) is 15.0. The van der Waals surface area contributed by atoms with Gasteiger partial charge in [0, 0.05) is 61.8 Å². The summed E-state index contributed by atoms with van der Waals surface area (Å²) in [6.45, 7) is 4.51. The van der Waals surface area contributed by atoms with Gasteiger partial charge in [0.1, 0.15) is 0 Å². The number of H-pyrrole nitrogens is 1. The Morgan fingerprint density at radius 1 is 1.12 bits per heavy atom. The molecule has 5 nitrogen and oxygen atoms in total. The number of amides is 1. The Kier molecular flexibility index (Phi) is 5.07. The van der Waals surface area contributed by atoms with Crippen LogP contribution in [0.15, 0.2) is 53.5 Å². The first-order valence-electron chi connectivity index (χ1n) is 9.36. The number of aromatic amines is 1. The molecule has 1 aliphatic rings. The molecule has 1 aromatic carbocycles. The van der Waals surface area contributed by atoms with Gasteiger partial charge in [0.05, 0.1) is 12.5 Å². The third-order valence-electron chi connectivity index (χ3n) is 5.21. The molecule has 1 amide bonds. The van der Waals surface area contributed by atoms with Crippen LogP contribution in [0.5, 0.6) is 0 Å². The molecule has 2 aromatic heterocycles. The molecule has 0 spiro atoms. The summed E-state index contributed by atoms with van der Waals surface area (Å²) in [5.41, 5.74) is 3.56. The maximum Gasteiger partial charge on any atom is 0.222 e. The summed E-state index contributed by atoms with van der Waals surface area (Å²) >= 11 is 0. The Hall–Kier alpha value is -2.53. The van der Waals surface area contributed by atoms with Crippen LogP contribution in [0, 0.1) is 0 Å². The second kappa shape index (κ2) is 7.79. The lowest BCUT2D eigenvalue weighted by molar-refractivity contribution is -0.131. The van der Waals surface area contributed by atoms with Crippen LogP contribution in [0.2, 0.25) is 0 Å². The van der Waals surface area contributed by atoms with E-state index >= 15 is 0 Å². The van der Waals surface area contributed by atoms with E-state index in [0.717, 1.165) is 51.1 Å². The molecule has 0 radical (unpaired) electrons. The van der Waals surface area contributed by atoms with Crippen LogP contribution in [0.3, 0.4) is 0 Å². The minimum Gasteiger partial charge on any atom is -0.472 e. The summed E-state index contributed by atoms with van der Waals surface area (Å²) in [7, 11) is 0. The SMILES string of the molecule is O=C(CCc1c[nH]c2ccccc12)N1CCCN(Cc2ccoc2)CC1. The van der Waals surface area contributed by atoms with E-state index in [4.69, 9.17) is 4.42 Å². The van der Waals surface area contributed by atoms with Crippen molar-refractivity contribution in [1.29, 1.82) is 0 Å². The van der Waals surface area contributed by atoms with Gasteiger partial charge in [0.2, 0.25) is 5.91 Å². The number of aryl methyl sites for hydroxylation is 1. The third-order valence-corrected chi connectivity index (χ3v) is 5.21. The number of carbonyl (C=O) groups is 1. The highest BCUT2D eigenvalue weighted by atomic mass is 16.3. The summed E-state index contributed by atoms with van der Waals surface area (Å²) < 4.78 is 5.15. The topological polar surface area (TPSA) is 52.5 Å². The largest absolute Gasteiger partial charge is 0.472 e. The lowest BCUT2D eigenvalue weighted by Gasteiger charge is -2.21. The minimum atomic E-state index is 0.264. The number of benzene rings is 1. The number of hydrogen-bond acceptors (Lipinski definition) is 3. The number of nitrogens with zero attached hydrogens (tertiary/aromatic N) is 2. The number of para-hydroxylation sites is 1. The first-order valence-corrected chi connectivity index (χ1v) is 9.36. The summed E-state index contributed by atoms with van der Waals surface area (Å²) in [5, 5.41) is 1.22. The maximum absolute atomic E-state index is 12.7. The molecule has 1 aliphatic heterocycles. The molecule has 136 valence electrons. The molecular formula is C21H25N3O2. The first-order chi connectivity index (χ1) is 12.8. The lowest BCUT2D eigenvalue weighted by atomic mass is 10.1. The normalized spacial score (nSPS) is 16.1. The van der Waals surface area contributed by atoms with Crippen LogP contribution >= 0.6 is 0 Å². The van der Waals surface area contributed by atoms with Gasteiger partial charge in [-0.3, -0.25) is 9.69 Å². The van der Waals surface area contributed by atoms with Crippen LogP contribution in [-0.4, -0.2) is 46.9 Å². The highest BCUT2D eigenvalue weighted by molar-refractivity contribution is 5.84. The molecule has 1 saturated heterocycles. The Balaban J connectivity index is 1.30. The van der Waals surface area contributed by atoms with Gasteiger partial charge >= 0.3 is 0 Å². The molecule has 1 fully saturated rings. The standard InChI is InChI=1S/C21H25N3O2/c25-21(7-6-18-14-22-20-5-2-1-4-19(18)20)24-10-3-9-23(11-12-24)15-17-8-13-26-16-17/h1-2,4-5,8,13-14,16,22H,3,6-7,9-12,15H2. The van der Waals surface area contributed by atoms with Crippen molar-refractivity contribution < 1.29 is 9.21 Å². The monoisotopic (exact) mass is 351 g/mol. The van der Waals surface area contributed by atoms with E-state index < -0.39 is 0 Å². The van der Waals surface area contributed by atoms with Gasteiger partial charge in [0.25, 0.3) is 0 Å². The number of furan rings is 1. The molecule has 0 bridgehead atoms. The van der Waals surface area contributed by atoms with Crippen molar-refractivity contribution in [2.24, 2.45) is 0 Å². The quantitative estimate of drug-likeness (QED) is 0.766. The third kappa shape index (κ3) is 3.83. The minimum absolute atomic E-state index is 0.264. The molecule has 0 saturated carbocycles. The summed E-state index contributed by atoms with van der Waals surface area (Å²) in [4.78, 5) is 20.4. The van der Waals surface area contributed by atoms with Crippen LogP contribution in [0.25, 0.3) is 10.9 Å². The molecule has 0 atom stereocenters. The van der Waals surface area contributed by atoms with E-state index in [9.17, 15) is 4.79 Å². The van der Waals surface area contributed by atoms with Crippen LogP contribution in [0.4, 0.5) is 0 Å². The summed E-state index contributed by atoms with van der Waals surface area (Å²) in [6, 6.07) is 10.3. The van der Waals surface area contributed by atoms with Gasteiger partial charge in [-0.25, -0.2) is 0 Å². The maximum atomic E-state index is 12.7. The molecule has 26 heavy (non-hydrogen) atoms. The molecule has 3 heterocycles. The second-order valence-corrected chi connectivity index (χ2v) is 7.00. The average molecular weight is 351 g/mol. The fourth-order valence-electron chi connectivity index (χ4n) is 3.76. The highest BCUT2D eigenvalue weighted by Crippen LogP contribution is 2.19. The number of fused-ring (bicyclic) bond motifs is 1. The van der Waals surface area contributed by atoms with Crippen molar-refractivity contribution in [1.82, 2.24) is 14.8 Å². The smallest absolute Gasteiger partial charge is 0.222 e. The summed E-state index contributed by atoms with van der Waals surface area (Å²) in [5.74, 6) is 0.264. The molecule has 0 unspecified atom stereocenters. The van der Waals surface area contributed by atoms with Crippen molar-refractivity contribution in [2.75, 3.05) is 26.2 Å². The summed E-state index contributed by atoms with van der Waals surface area (Å²) in [6.07, 6.45) is 7.94. The predicted octanol–water partition coefficient (Wildman–Crippen LogP) is 3.43. The fourth-order valence-corrected chi connectivity index (χ4v) is 3.76. The zero-order valence-corrected chi connectivity index (χ0v) is 15.0. The van der Waals surface area contributed by atoms with Crippen molar-refractivity contribution in [3.8, 4) is 0 Å². The van der Waals surface area contributed by atoms with Gasteiger partial charge < -0.3 is 14.3 Å². The number of hydrogen-bond donors (Lipinski definition) is 1. The lowest BCUT2D eigenvalue weighted by Crippen LogP contribution is -2.35. The first kappa shape index (κ1) is 16.9. The van der Waals surface area contributed by atoms with Crippen LogP contribution in [-0.2, 0) is 17.8 Å². The molecule has 0 aliphatic carbocycles. The molecule has 5 heteroatoms. The number of carbonyl (C=O) groups excluding carboxylic acids is 1. The van der Waals surface area contributed by atoms with Gasteiger partial charge in [-0.2, -0.15) is 0 Å². The van der Waals surface area contributed by atoms with Crippen molar-refractivity contribution >= 4 is 16.8 Å². The molecule has 4 rings (SSSR count). The number of aromatic nitrogens is 1. The number of nitrogens with one attached hydrogen (secondary N) is 1. The Bertz CT molecular complexity index is 853. The number of rotatable bonds is 5. The van der Waals surface area contributed by atoms with E-state index in [1.165, 1.54) is 16.5 Å². The van der Waals surface area contributed by atoms with Gasteiger partial charge in [-0.1, -0.05) is 18.2 Å². The van der Waals surface area contributed by atoms with Crippen molar-refractivity contribution in [2.45, 2.75) is 25.8 Å². The van der Waals surface area contributed by atoms with Crippen molar-refractivity contribution in [3.05, 3.63) is 60.2 Å². The molecule has 3 aromatic rings. The average Bonchev–Trinajstić information content (AvgIpc) is 3.25. The Morgan fingerprint density at radius 3 is 2.92 bits per heavy atom. The second-order valence-electron chi connectivity index (χ2n) is 7.00. The van der Waals surface area contributed by atoms with Crippen molar-refractivity contribution in [3.63, 3.8) is 0 Å². The van der Waals surface area contributed by atoms with E-state index in [1.54, 1.807) is 12.5 Å². The highest BCUT2D eigenvalue weighted by Gasteiger charge is 2.19. The zero-order chi connectivity index (χ0) is 17.8. The Labute approximate surface area is 153 Å². The fraction of sp³-hybridized carbons (Fsp3) is 0.381. The Morgan fingerprint density at radius 2 is 2.04 bits per heavy atom. The van der Waals surface area contributed by atoms with Gasteiger partial charge in [-0.15, -0.1) is 0 Å². The molecule has 1 N–H and O–H groups in total. The van der Waals surface area contributed by atoms with Crippen LogP contribution < -0.4 is 0 Å². The van der Waals surface area contributed by atoms with E-state index in [1.807, 2.05) is 29.3 Å². The molecular weight excluding hydrogens is 326 g/mol. The van der Waals surface area contributed by atoms with E-state index in [2.05, 4.69) is 22.0 Å².